The minimum Gasteiger partial charge on any atom is -0.327 e. The van der Waals surface area contributed by atoms with Crippen molar-refractivity contribution in [3.05, 3.63) is 23.8 Å². The molecule has 0 aliphatic heterocycles. The van der Waals surface area contributed by atoms with Crippen molar-refractivity contribution in [1.82, 2.24) is 0 Å². The Labute approximate surface area is 119 Å². The molecule has 0 saturated heterocycles. The summed E-state index contributed by atoms with van der Waals surface area (Å²) in [6.45, 7) is 5.10. The molecule has 0 spiro atoms. The molecule has 0 fully saturated rings. The maximum atomic E-state index is 11.6. The molecule has 1 amide bonds. The average molecular weight is 299 g/mol. The predicted octanol–water partition coefficient (Wildman–Crippen LogP) is 1.43. The monoisotopic (exact) mass is 299 g/mol. The first kappa shape index (κ1) is 16.5. The highest BCUT2D eigenvalue weighted by atomic mass is 32.2. The number of hydrogen-bond donors (Lipinski definition) is 3. The number of aryl methyl sites for hydroxylation is 1. The highest BCUT2D eigenvalue weighted by Crippen LogP contribution is 2.21. The summed E-state index contributed by atoms with van der Waals surface area (Å²) < 4.78 is 25.5. The minimum atomic E-state index is -3.30. The molecule has 0 heterocycles. The minimum absolute atomic E-state index is 0.0132. The van der Waals surface area contributed by atoms with Gasteiger partial charge in [0.15, 0.2) is 0 Å². The average Bonchev–Trinajstić information content (AvgIpc) is 2.31. The summed E-state index contributed by atoms with van der Waals surface area (Å²) in [5.41, 5.74) is 7.41. The molecule has 1 aromatic carbocycles. The van der Waals surface area contributed by atoms with E-state index in [-0.39, 0.29) is 24.1 Å². The Bertz CT molecular complexity index is 583. The molecule has 0 radical (unpaired) electrons. The first-order valence-corrected chi connectivity index (χ1v) is 8.05. The molecule has 112 valence electrons. The van der Waals surface area contributed by atoms with Gasteiger partial charge in [-0.1, -0.05) is 0 Å². The van der Waals surface area contributed by atoms with Crippen molar-refractivity contribution in [2.75, 3.05) is 15.8 Å². The van der Waals surface area contributed by atoms with E-state index in [1.165, 1.54) is 0 Å². The third-order valence-corrected chi connectivity index (χ3v) is 3.95. The highest BCUT2D eigenvalue weighted by molar-refractivity contribution is 7.92. The molecule has 0 bridgehead atoms. The van der Waals surface area contributed by atoms with Gasteiger partial charge in [-0.3, -0.25) is 9.52 Å². The van der Waals surface area contributed by atoms with Crippen LogP contribution in [0.1, 0.15) is 25.8 Å². The number of amides is 1. The maximum absolute atomic E-state index is 11.6. The number of sulfonamides is 1. The van der Waals surface area contributed by atoms with Crippen LogP contribution in [0.3, 0.4) is 0 Å². The van der Waals surface area contributed by atoms with Crippen LogP contribution in [0.5, 0.6) is 0 Å². The van der Waals surface area contributed by atoms with Crippen LogP contribution in [-0.2, 0) is 14.8 Å². The number of nitrogens with two attached hydrogens (primary N) is 1. The van der Waals surface area contributed by atoms with Gasteiger partial charge < -0.3 is 11.1 Å². The first-order valence-electron chi connectivity index (χ1n) is 6.40. The van der Waals surface area contributed by atoms with Crippen LogP contribution in [0.25, 0.3) is 0 Å². The lowest BCUT2D eigenvalue weighted by atomic mass is 10.1. The Kier molecular flexibility index (Phi) is 5.52. The lowest BCUT2D eigenvalue weighted by molar-refractivity contribution is -0.116. The summed E-state index contributed by atoms with van der Waals surface area (Å²) >= 11 is 0. The van der Waals surface area contributed by atoms with Gasteiger partial charge in [0.2, 0.25) is 15.9 Å². The Balaban J connectivity index is 2.81. The summed E-state index contributed by atoms with van der Waals surface area (Å²) in [5, 5.41) is 2.72. The maximum Gasteiger partial charge on any atom is 0.232 e. The molecule has 6 nitrogen and oxygen atoms in total. The molecule has 0 aliphatic rings. The zero-order chi connectivity index (χ0) is 15.3. The smallest absolute Gasteiger partial charge is 0.232 e. The second kappa shape index (κ2) is 6.71. The van der Waals surface area contributed by atoms with Crippen LogP contribution in [0.2, 0.25) is 0 Å². The molecule has 4 N–H and O–H groups in total. The molecule has 7 heteroatoms. The van der Waals surface area contributed by atoms with E-state index in [2.05, 4.69) is 10.0 Å². The molecule has 0 saturated carbocycles. The number of carbonyl (C=O) groups excluding carboxylic acids is 1. The normalized spacial score (nSPS) is 12.8. The van der Waals surface area contributed by atoms with Crippen molar-refractivity contribution in [2.24, 2.45) is 5.73 Å². The van der Waals surface area contributed by atoms with E-state index in [4.69, 9.17) is 5.73 Å². The summed E-state index contributed by atoms with van der Waals surface area (Å²) in [5.74, 6) is -0.152. The van der Waals surface area contributed by atoms with Crippen molar-refractivity contribution in [2.45, 2.75) is 33.2 Å². The van der Waals surface area contributed by atoms with Gasteiger partial charge in [0.1, 0.15) is 0 Å². The van der Waals surface area contributed by atoms with Crippen LogP contribution >= 0.6 is 0 Å². The van der Waals surface area contributed by atoms with E-state index in [9.17, 15) is 13.2 Å². The Hall–Kier alpha value is -1.60. The molecule has 20 heavy (non-hydrogen) atoms. The van der Waals surface area contributed by atoms with Crippen molar-refractivity contribution < 1.29 is 13.2 Å². The van der Waals surface area contributed by atoms with E-state index in [0.717, 1.165) is 5.56 Å². The van der Waals surface area contributed by atoms with E-state index < -0.39 is 10.0 Å². The molecular weight excluding hydrogens is 278 g/mol. The fourth-order valence-corrected chi connectivity index (χ4v) is 2.31. The summed E-state index contributed by atoms with van der Waals surface area (Å²) in [6, 6.07) is 4.79. The summed E-state index contributed by atoms with van der Waals surface area (Å²) in [4.78, 5) is 11.6. The molecule has 1 rings (SSSR count). The molecule has 1 aromatic rings. The quantitative estimate of drug-likeness (QED) is 0.739. The van der Waals surface area contributed by atoms with Crippen LogP contribution in [0.15, 0.2) is 18.2 Å². The topological polar surface area (TPSA) is 101 Å². The summed E-state index contributed by atoms with van der Waals surface area (Å²) in [7, 11) is -3.30. The van der Waals surface area contributed by atoms with Crippen molar-refractivity contribution in [3.8, 4) is 0 Å². The van der Waals surface area contributed by atoms with Crippen molar-refractivity contribution in [1.29, 1.82) is 0 Å². The third-order valence-electron chi connectivity index (χ3n) is 2.66. The molecular formula is C13H21N3O3S. The van der Waals surface area contributed by atoms with E-state index in [0.29, 0.717) is 11.4 Å². The molecule has 1 unspecified atom stereocenters. The number of benzene rings is 1. The van der Waals surface area contributed by atoms with Crippen molar-refractivity contribution in [3.63, 3.8) is 0 Å². The zero-order valence-corrected chi connectivity index (χ0v) is 12.8. The fourth-order valence-electron chi connectivity index (χ4n) is 1.60. The Morgan fingerprint density at radius 2 is 2.05 bits per heavy atom. The molecule has 0 aliphatic carbocycles. The van der Waals surface area contributed by atoms with Gasteiger partial charge in [-0.05, 0) is 44.5 Å². The van der Waals surface area contributed by atoms with E-state index in [1.807, 2.05) is 0 Å². The zero-order valence-electron chi connectivity index (χ0n) is 11.9. The Morgan fingerprint density at radius 3 is 2.55 bits per heavy atom. The largest absolute Gasteiger partial charge is 0.327 e. The van der Waals surface area contributed by atoms with Crippen molar-refractivity contribution >= 4 is 27.3 Å². The fraction of sp³-hybridized carbons (Fsp3) is 0.462. The van der Waals surface area contributed by atoms with Gasteiger partial charge >= 0.3 is 0 Å². The van der Waals surface area contributed by atoms with Crippen LogP contribution in [0, 0.1) is 6.92 Å². The van der Waals surface area contributed by atoms with Gasteiger partial charge in [0, 0.05) is 18.2 Å². The predicted molar refractivity (Wildman–Crippen MR) is 81.2 cm³/mol. The number of hydrogen-bond acceptors (Lipinski definition) is 4. The lowest BCUT2D eigenvalue weighted by Gasteiger charge is -2.12. The SMILES string of the molecule is CCS(=O)(=O)Nc1ccc(NC(=O)CC(C)N)cc1C. The molecule has 0 aromatic heterocycles. The van der Waals surface area contributed by atoms with Crippen LogP contribution in [-0.4, -0.2) is 26.1 Å². The number of rotatable bonds is 6. The number of anilines is 2. The lowest BCUT2D eigenvalue weighted by Crippen LogP contribution is -2.24. The molecule has 1 atom stereocenters. The highest BCUT2D eigenvalue weighted by Gasteiger charge is 2.10. The number of nitrogens with one attached hydrogen (secondary N) is 2. The Morgan fingerprint density at radius 1 is 1.40 bits per heavy atom. The van der Waals surface area contributed by atoms with Gasteiger partial charge in [-0.25, -0.2) is 8.42 Å². The number of carbonyl (C=O) groups is 1. The first-order chi connectivity index (χ1) is 9.23. The van der Waals surface area contributed by atoms with E-state index in [1.54, 1.807) is 39.0 Å². The third kappa shape index (κ3) is 5.18. The standard InChI is InChI=1S/C13H21N3O3S/c1-4-20(18,19)16-12-6-5-11(7-9(12)2)15-13(17)8-10(3)14/h5-7,10,16H,4,8,14H2,1-3H3,(H,15,17). The van der Waals surface area contributed by atoms with Gasteiger partial charge in [0.05, 0.1) is 11.4 Å². The van der Waals surface area contributed by atoms with Crippen LogP contribution < -0.4 is 15.8 Å². The van der Waals surface area contributed by atoms with Crippen LogP contribution in [0.4, 0.5) is 11.4 Å². The van der Waals surface area contributed by atoms with Gasteiger partial charge in [-0.15, -0.1) is 0 Å². The second-order valence-electron chi connectivity index (χ2n) is 4.76. The second-order valence-corrected chi connectivity index (χ2v) is 6.78. The summed E-state index contributed by atoms with van der Waals surface area (Å²) in [6.07, 6.45) is 0.239. The van der Waals surface area contributed by atoms with Gasteiger partial charge in [0.25, 0.3) is 0 Å². The van der Waals surface area contributed by atoms with Gasteiger partial charge in [-0.2, -0.15) is 0 Å². The van der Waals surface area contributed by atoms with E-state index >= 15 is 0 Å².